The normalized spacial score (nSPS) is 24.2. The maximum Gasteiger partial charge on any atom is 0.260 e. The molecule has 32 heavy (non-hydrogen) atoms. The first-order valence-electron chi connectivity index (χ1n) is 10.8. The van der Waals surface area contributed by atoms with Crippen molar-refractivity contribution in [2.24, 2.45) is 5.92 Å². The van der Waals surface area contributed by atoms with Gasteiger partial charge in [0.1, 0.15) is 5.75 Å². The number of amides is 2. The van der Waals surface area contributed by atoms with Crippen LogP contribution in [0.2, 0.25) is 5.02 Å². The molecular weight excluding hydrogens is 444 g/mol. The molecule has 7 heteroatoms. The Labute approximate surface area is 198 Å². The van der Waals surface area contributed by atoms with Crippen molar-refractivity contribution in [3.8, 4) is 5.75 Å². The molecule has 4 rings (SSSR count). The van der Waals surface area contributed by atoms with Gasteiger partial charge in [-0.25, -0.2) is 0 Å². The number of hydrogen-bond donors (Lipinski definition) is 1. The summed E-state index contributed by atoms with van der Waals surface area (Å²) < 4.78 is 5.21. The van der Waals surface area contributed by atoms with Gasteiger partial charge < -0.3 is 15.0 Å². The summed E-state index contributed by atoms with van der Waals surface area (Å²) in [5.74, 6) is 0.748. The monoisotopic (exact) mass is 470 g/mol. The highest BCUT2D eigenvalue weighted by atomic mass is 35.5. The summed E-state index contributed by atoms with van der Waals surface area (Å²) in [6.07, 6.45) is 4.35. The molecule has 168 valence electrons. The van der Waals surface area contributed by atoms with Gasteiger partial charge in [-0.05, 0) is 54.7 Å². The van der Waals surface area contributed by atoms with Crippen molar-refractivity contribution in [3.63, 3.8) is 0 Å². The van der Waals surface area contributed by atoms with E-state index >= 15 is 0 Å². The van der Waals surface area contributed by atoms with E-state index < -0.39 is 0 Å². The number of halogens is 1. The summed E-state index contributed by atoms with van der Waals surface area (Å²) in [4.78, 5) is 28.4. The van der Waals surface area contributed by atoms with Crippen LogP contribution in [0.15, 0.2) is 53.4 Å². The van der Waals surface area contributed by atoms with Crippen LogP contribution >= 0.6 is 23.4 Å². The fourth-order valence-electron chi connectivity index (χ4n) is 4.36. The Morgan fingerprint density at radius 2 is 1.97 bits per heavy atom. The van der Waals surface area contributed by atoms with Crippen LogP contribution in [0.25, 0.3) is 6.08 Å². The largest absolute Gasteiger partial charge is 0.497 e. The first-order valence-corrected chi connectivity index (χ1v) is 12.0. The molecule has 2 aromatic carbocycles. The molecule has 1 saturated heterocycles. The number of benzene rings is 2. The van der Waals surface area contributed by atoms with Crippen LogP contribution < -0.4 is 10.1 Å². The zero-order chi connectivity index (χ0) is 22.7. The topological polar surface area (TPSA) is 58.6 Å². The van der Waals surface area contributed by atoms with Crippen LogP contribution in [0.1, 0.15) is 30.4 Å². The lowest BCUT2D eigenvalue weighted by Crippen LogP contribution is -2.52. The average molecular weight is 471 g/mol. The van der Waals surface area contributed by atoms with E-state index in [0.717, 1.165) is 34.6 Å². The van der Waals surface area contributed by atoms with Crippen molar-refractivity contribution in [3.05, 3.63) is 69.6 Å². The van der Waals surface area contributed by atoms with Crippen molar-refractivity contribution in [1.82, 2.24) is 10.2 Å². The van der Waals surface area contributed by atoms with Gasteiger partial charge in [0.25, 0.3) is 5.91 Å². The van der Waals surface area contributed by atoms with Crippen LogP contribution in [0.5, 0.6) is 5.75 Å². The minimum absolute atomic E-state index is 0.0178. The predicted octanol–water partition coefficient (Wildman–Crippen LogP) is 4.75. The molecule has 5 nitrogen and oxygen atoms in total. The Kier molecular flexibility index (Phi) is 7.11. The number of carbonyl (C=O) groups is 2. The number of methoxy groups -OCH3 is 1. The van der Waals surface area contributed by atoms with E-state index in [2.05, 4.69) is 5.32 Å². The molecule has 1 N–H and O–H groups in total. The second kappa shape index (κ2) is 10.0. The Morgan fingerprint density at radius 1 is 1.22 bits per heavy atom. The molecular formula is C25H27ClN2O3S. The standard InChI is InChI=1S/C25H27ClN2O3S/c1-28-21-14-17(24(29)27-15-18-5-3-4-6-20(18)26)9-12-22(21)32-23(25(28)30)13-16-7-10-19(31-2)11-8-16/h3-8,10-11,13,17,21-22H,9,12,14-15H2,1-2H3,(H,27,29)/b23-13+. The van der Waals surface area contributed by atoms with Crippen molar-refractivity contribution >= 4 is 41.3 Å². The van der Waals surface area contributed by atoms with E-state index in [0.29, 0.717) is 23.2 Å². The fraction of sp³-hybridized carbons (Fsp3) is 0.360. The molecule has 0 aromatic heterocycles. The summed E-state index contributed by atoms with van der Waals surface area (Å²) in [5.41, 5.74) is 1.88. The van der Waals surface area contributed by atoms with Gasteiger partial charge in [0.15, 0.2) is 0 Å². The highest BCUT2D eigenvalue weighted by Crippen LogP contribution is 2.43. The molecule has 3 atom stereocenters. The van der Waals surface area contributed by atoms with Crippen LogP contribution in [0.3, 0.4) is 0 Å². The molecule has 0 spiro atoms. The number of thioether (sulfide) groups is 1. The lowest BCUT2D eigenvalue weighted by molar-refractivity contribution is -0.132. The van der Waals surface area contributed by atoms with E-state index in [1.807, 2.05) is 66.6 Å². The lowest BCUT2D eigenvalue weighted by atomic mass is 9.83. The maximum absolute atomic E-state index is 13.0. The Bertz CT molecular complexity index is 1020. The van der Waals surface area contributed by atoms with Gasteiger partial charge in [0.05, 0.1) is 12.0 Å². The van der Waals surface area contributed by atoms with Gasteiger partial charge in [-0.1, -0.05) is 41.9 Å². The molecule has 1 saturated carbocycles. The maximum atomic E-state index is 13.0. The zero-order valence-corrected chi connectivity index (χ0v) is 19.8. The summed E-state index contributed by atoms with van der Waals surface area (Å²) >= 11 is 7.84. The second-order valence-corrected chi connectivity index (χ2v) is 9.93. The van der Waals surface area contributed by atoms with E-state index in [1.54, 1.807) is 18.9 Å². The van der Waals surface area contributed by atoms with Gasteiger partial charge in [0, 0.05) is 35.8 Å². The highest BCUT2D eigenvalue weighted by molar-refractivity contribution is 8.04. The third kappa shape index (κ3) is 4.97. The molecule has 2 aliphatic rings. The van der Waals surface area contributed by atoms with E-state index in [1.165, 1.54) is 0 Å². The predicted molar refractivity (Wildman–Crippen MR) is 130 cm³/mol. The van der Waals surface area contributed by atoms with Crippen molar-refractivity contribution in [1.29, 1.82) is 0 Å². The Balaban J connectivity index is 1.39. The minimum atomic E-state index is -0.0956. The van der Waals surface area contributed by atoms with Gasteiger partial charge in [-0.3, -0.25) is 9.59 Å². The third-order valence-corrected chi connectivity index (χ3v) is 8.02. The molecule has 3 unspecified atom stereocenters. The minimum Gasteiger partial charge on any atom is -0.497 e. The zero-order valence-electron chi connectivity index (χ0n) is 18.2. The molecule has 2 aromatic rings. The van der Waals surface area contributed by atoms with Gasteiger partial charge in [-0.15, -0.1) is 11.8 Å². The quantitative estimate of drug-likeness (QED) is 0.641. The molecule has 0 bridgehead atoms. The van der Waals surface area contributed by atoms with Crippen molar-refractivity contribution in [2.75, 3.05) is 14.2 Å². The summed E-state index contributed by atoms with van der Waals surface area (Å²) in [5, 5.41) is 3.98. The van der Waals surface area contributed by atoms with Gasteiger partial charge in [-0.2, -0.15) is 0 Å². The summed E-state index contributed by atoms with van der Waals surface area (Å²) in [6.45, 7) is 0.418. The smallest absolute Gasteiger partial charge is 0.260 e. The SMILES string of the molecule is COc1ccc(/C=C2/SC3CCC(C(=O)NCc4ccccc4Cl)CC3N(C)C2=O)cc1. The molecule has 1 aliphatic carbocycles. The number of hydrogen-bond acceptors (Lipinski definition) is 4. The van der Waals surface area contributed by atoms with Crippen LogP contribution in [-0.2, 0) is 16.1 Å². The Morgan fingerprint density at radius 3 is 2.69 bits per heavy atom. The van der Waals surface area contributed by atoms with E-state index in [-0.39, 0.29) is 23.8 Å². The van der Waals surface area contributed by atoms with E-state index in [9.17, 15) is 9.59 Å². The van der Waals surface area contributed by atoms with Crippen molar-refractivity contribution < 1.29 is 14.3 Å². The van der Waals surface area contributed by atoms with Crippen molar-refractivity contribution in [2.45, 2.75) is 37.1 Å². The second-order valence-electron chi connectivity index (χ2n) is 8.24. The fourth-order valence-corrected chi connectivity index (χ4v) is 6.04. The lowest BCUT2D eigenvalue weighted by Gasteiger charge is -2.44. The number of ether oxygens (including phenoxy) is 1. The highest BCUT2D eigenvalue weighted by Gasteiger charge is 2.42. The first kappa shape index (κ1) is 22.7. The average Bonchev–Trinajstić information content (AvgIpc) is 2.82. The number of rotatable bonds is 5. The van der Waals surface area contributed by atoms with Gasteiger partial charge in [0.2, 0.25) is 5.91 Å². The van der Waals surface area contributed by atoms with Crippen LogP contribution in [0.4, 0.5) is 0 Å². The summed E-state index contributed by atoms with van der Waals surface area (Å²) in [7, 11) is 3.49. The van der Waals surface area contributed by atoms with Gasteiger partial charge >= 0.3 is 0 Å². The first-order chi connectivity index (χ1) is 15.5. The molecule has 0 radical (unpaired) electrons. The third-order valence-electron chi connectivity index (χ3n) is 6.26. The van der Waals surface area contributed by atoms with E-state index in [4.69, 9.17) is 16.3 Å². The molecule has 2 amide bonds. The van der Waals surface area contributed by atoms with Crippen LogP contribution in [0, 0.1) is 5.92 Å². The number of carbonyl (C=O) groups excluding carboxylic acids is 2. The summed E-state index contributed by atoms with van der Waals surface area (Å²) in [6, 6.07) is 15.3. The Hall–Kier alpha value is -2.44. The molecule has 1 heterocycles. The molecule has 1 aliphatic heterocycles. The number of likely N-dealkylation sites (N-methyl/N-ethyl adjacent to an activating group) is 1. The van der Waals surface area contributed by atoms with Crippen LogP contribution in [-0.4, -0.2) is 42.2 Å². The number of nitrogens with zero attached hydrogens (tertiary/aromatic N) is 1. The molecule has 2 fully saturated rings. The number of nitrogens with one attached hydrogen (secondary N) is 1. The number of fused-ring (bicyclic) bond motifs is 1.